The van der Waals surface area contributed by atoms with E-state index >= 15 is 0 Å². The van der Waals surface area contributed by atoms with Crippen LogP contribution in [0.1, 0.15) is 63.2 Å². The maximum atomic E-state index is 13.9. The van der Waals surface area contributed by atoms with Crippen molar-refractivity contribution in [1.82, 2.24) is 19.8 Å². The summed E-state index contributed by atoms with van der Waals surface area (Å²) in [7, 11) is 3.79. The summed E-state index contributed by atoms with van der Waals surface area (Å²) in [6.07, 6.45) is 9.76. The van der Waals surface area contributed by atoms with Crippen LogP contribution >= 0.6 is 0 Å². The Morgan fingerprint density at radius 1 is 1.06 bits per heavy atom. The predicted molar refractivity (Wildman–Crippen MR) is 130 cm³/mol. The summed E-state index contributed by atoms with van der Waals surface area (Å²) < 4.78 is 5.28. The van der Waals surface area contributed by atoms with Crippen molar-refractivity contribution < 1.29 is 9.53 Å². The lowest BCUT2D eigenvalue weighted by atomic mass is 9.80. The van der Waals surface area contributed by atoms with Gasteiger partial charge in [-0.05, 0) is 57.9 Å². The minimum absolute atomic E-state index is 0.139. The maximum Gasteiger partial charge on any atom is 0.244 e. The number of hydrogen-bond donors (Lipinski definition) is 0. The normalized spacial score (nSPS) is 20.4. The van der Waals surface area contributed by atoms with Crippen molar-refractivity contribution in [2.45, 2.75) is 64.1 Å². The Morgan fingerprint density at radius 3 is 2.27 bits per heavy atom. The molecule has 2 aliphatic rings. The molecule has 1 saturated heterocycles. The van der Waals surface area contributed by atoms with E-state index in [1.165, 1.54) is 12.0 Å². The highest BCUT2D eigenvalue weighted by Gasteiger charge is 2.55. The van der Waals surface area contributed by atoms with Crippen LogP contribution < -0.4 is 9.64 Å². The largest absolute Gasteiger partial charge is 0.497 e. The third-order valence-electron chi connectivity index (χ3n) is 7.48. The van der Waals surface area contributed by atoms with Gasteiger partial charge in [-0.1, -0.05) is 31.4 Å². The van der Waals surface area contributed by atoms with E-state index in [4.69, 9.17) is 4.74 Å². The van der Waals surface area contributed by atoms with Gasteiger partial charge < -0.3 is 14.5 Å². The molecule has 1 unspecified atom stereocenters. The first-order valence-electron chi connectivity index (χ1n) is 12.3. The standard InChI is InChI=1S/C26H37N5O2/c1-5-30(6-2)25-27-18-21(19-28-25)23-29(3)26(15-8-7-9-16-26)24(32)31(23)17-14-20-10-12-22(33-4)13-11-20/h10-13,18-19,23H,5-9,14-17H2,1-4H3. The third-order valence-corrected chi connectivity index (χ3v) is 7.48. The van der Waals surface area contributed by atoms with E-state index in [0.29, 0.717) is 6.54 Å². The van der Waals surface area contributed by atoms with E-state index < -0.39 is 5.54 Å². The molecule has 1 aromatic heterocycles. The minimum Gasteiger partial charge on any atom is -0.497 e. The first kappa shape index (κ1) is 23.5. The zero-order valence-electron chi connectivity index (χ0n) is 20.5. The van der Waals surface area contributed by atoms with Crippen molar-refractivity contribution in [2.24, 2.45) is 0 Å². The first-order valence-corrected chi connectivity index (χ1v) is 12.3. The van der Waals surface area contributed by atoms with Crippen LogP contribution in [0.3, 0.4) is 0 Å². The summed E-state index contributed by atoms with van der Waals surface area (Å²) in [5, 5.41) is 0. The van der Waals surface area contributed by atoms with Gasteiger partial charge in [0.15, 0.2) is 0 Å². The van der Waals surface area contributed by atoms with Crippen molar-refractivity contribution in [3.8, 4) is 5.75 Å². The van der Waals surface area contributed by atoms with Crippen molar-refractivity contribution in [3.63, 3.8) is 0 Å². The molecule has 178 valence electrons. The molecule has 1 amide bonds. The second kappa shape index (κ2) is 10.1. The van der Waals surface area contributed by atoms with Gasteiger partial charge in [0.05, 0.1) is 7.11 Å². The Kier molecular flexibility index (Phi) is 7.17. The fourth-order valence-electron chi connectivity index (χ4n) is 5.48. The lowest BCUT2D eigenvalue weighted by molar-refractivity contribution is -0.135. The molecule has 2 aromatic rings. The second-order valence-electron chi connectivity index (χ2n) is 9.16. The molecule has 1 aromatic carbocycles. The third kappa shape index (κ3) is 4.43. The predicted octanol–water partition coefficient (Wildman–Crippen LogP) is 4.05. The van der Waals surface area contributed by atoms with Crippen LogP contribution in [0.15, 0.2) is 36.7 Å². The molecule has 2 fully saturated rings. The van der Waals surface area contributed by atoms with E-state index in [-0.39, 0.29) is 12.1 Å². The fourth-order valence-corrected chi connectivity index (χ4v) is 5.48. The summed E-state index contributed by atoms with van der Waals surface area (Å²) in [5.41, 5.74) is 1.78. The number of anilines is 1. The number of carbonyl (C=O) groups is 1. The zero-order chi connectivity index (χ0) is 23.4. The average Bonchev–Trinajstić information content (AvgIpc) is 3.06. The molecule has 1 aliphatic carbocycles. The van der Waals surface area contributed by atoms with E-state index in [2.05, 4.69) is 57.7 Å². The molecule has 1 atom stereocenters. The molecule has 7 nitrogen and oxygen atoms in total. The summed E-state index contributed by atoms with van der Waals surface area (Å²) in [5.74, 6) is 1.85. The minimum atomic E-state index is -0.402. The Bertz CT molecular complexity index is 921. The molecule has 0 bridgehead atoms. The highest BCUT2D eigenvalue weighted by Crippen LogP contribution is 2.46. The molecule has 7 heteroatoms. The van der Waals surface area contributed by atoms with Gasteiger partial charge in [0.2, 0.25) is 11.9 Å². The molecule has 0 N–H and O–H groups in total. The summed E-state index contributed by atoms with van der Waals surface area (Å²) in [4.78, 5) is 29.7. The van der Waals surface area contributed by atoms with Crippen LogP contribution in [0, 0.1) is 0 Å². The van der Waals surface area contributed by atoms with Crippen LogP contribution in [0.25, 0.3) is 0 Å². The second-order valence-corrected chi connectivity index (χ2v) is 9.16. The molecule has 1 aliphatic heterocycles. The Labute approximate surface area is 197 Å². The monoisotopic (exact) mass is 451 g/mol. The van der Waals surface area contributed by atoms with Gasteiger partial charge in [-0.25, -0.2) is 9.97 Å². The fraction of sp³-hybridized carbons (Fsp3) is 0.577. The Balaban J connectivity index is 1.61. The van der Waals surface area contributed by atoms with Crippen LogP contribution in [-0.2, 0) is 11.2 Å². The van der Waals surface area contributed by atoms with E-state index in [1.807, 2.05) is 24.5 Å². The number of likely N-dealkylation sites (N-methyl/N-ethyl adjacent to an activating group) is 1. The Morgan fingerprint density at radius 2 is 1.70 bits per heavy atom. The number of aromatic nitrogens is 2. The van der Waals surface area contributed by atoms with Crippen molar-refractivity contribution in [3.05, 3.63) is 47.8 Å². The smallest absolute Gasteiger partial charge is 0.244 e. The molecular formula is C26H37N5O2. The number of ether oxygens (including phenoxy) is 1. The molecule has 0 radical (unpaired) electrons. The van der Waals surface area contributed by atoms with E-state index in [9.17, 15) is 4.79 Å². The average molecular weight is 452 g/mol. The maximum absolute atomic E-state index is 13.9. The first-order chi connectivity index (χ1) is 16.0. The zero-order valence-corrected chi connectivity index (χ0v) is 20.5. The summed E-state index contributed by atoms with van der Waals surface area (Å²) in [6.45, 7) is 6.62. The van der Waals surface area contributed by atoms with Gasteiger partial charge in [0.25, 0.3) is 0 Å². The SMILES string of the molecule is CCN(CC)c1ncc(C2N(CCc3ccc(OC)cc3)C(=O)C3(CCCCC3)N2C)cn1. The van der Waals surface area contributed by atoms with Crippen molar-refractivity contribution >= 4 is 11.9 Å². The van der Waals surface area contributed by atoms with Gasteiger partial charge in [-0.3, -0.25) is 9.69 Å². The number of rotatable bonds is 8. The van der Waals surface area contributed by atoms with Gasteiger partial charge in [0, 0.05) is 37.6 Å². The molecule has 1 spiro atoms. The number of carbonyl (C=O) groups excluding carboxylic acids is 1. The molecule has 2 heterocycles. The molecular weight excluding hydrogens is 414 g/mol. The number of benzene rings is 1. The van der Waals surface area contributed by atoms with Crippen LogP contribution in [-0.4, -0.2) is 65.0 Å². The van der Waals surface area contributed by atoms with Gasteiger partial charge in [-0.15, -0.1) is 0 Å². The lowest BCUT2D eigenvalue weighted by Crippen LogP contribution is -2.49. The highest BCUT2D eigenvalue weighted by molar-refractivity contribution is 5.89. The molecule has 4 rings (SSSR count). The van der Waals surface area contributed by atoms with Crippen LogP contribution in [0.4, 0.5) is 5.95 Å². The summed E-state index contributed by atoms with van der Waals surface area (Å²) >= 11 is 0. The van der Waals surface area contributed by atoms with Crippen molar-refractivity contribution in [1.29, 1.82) is 0 Å². The van der Waals surface area contributed by atoms with Gasteiger partial charge in [0.1, 0.15) is 17.5 Å². The molecule has 1 saturated carbocycles. The number of amides is 1. The Hall–Kier alpha value is -2.67. The van der Waals surface area contributed by atoms with Crippen molar-refractivity contribution in [2.75, 3.05) is 38.7 Å². The van der Waals surface area contributed by atoms with Crippen LogP contribution in [0.2, 0.25) is 0 Å². The number of nitrogens with zero attached hydrogens (tertiary/aromatic N) is 5. The highest BCUT2D eigenvalue weighted by atomic mass is 16.5. The van der Waals surface area contributed by atoms with E-state index in [1.54, 1.807) is 7.11 Å². The van der Waals surface area contributed by atoms with Crippen LogP contribution in [0.5, 0.6) is 5.75 Å². The lowest BCUT2D eigenvalue weighted by Gasteiger charge is -2.38. The van der Waals surface area contributed by atoms with Gasteiger partial charge >= 0.3 is 0 Å². The van der Waals surface area contributed by atoms with E-state index in [0.717, 1.165) is 62.5 Å². The topological polar surface area (TPSA) is 61.8 Å². The number of methoxy groups -OCH3 is 1. The quantitative estimate of drug-likeness (QED) is 0.603. The molecule has 33 heavy (non-hydrogen) atoms. The summed E-state index contributed by atoms with van der Waals surface area (Å²) in [6, 6.07) is 8.12. The van der Waals surface area contributed by atoms with Gasteiger partial charge in [-0.2, -0.15) is 0 Å². The number of hydrogen-bond acceptors (Lipinski definition) is 6.